The summed E-state index contributed by atoms with van der Waals surface area (Å²) in [4.78, 5) is 14.0. The van der Waals surface area contributed by atoms with Crippen molar-refractivity contribution in [1.82, 2.24) is 9.62 Å². The highest BCUT2D eigenvalue weighted by Gasteiger charge is 2.16. The van der Waals surface area contributed by atoms with Crippen LogP contribution in [0.3, 0.4) is 0 Å². The minimum absolute atomic E-state index is 0.102. The molecule has 0 unspecified atom stereocenters. The van der Waals surface area contributed by atoms with Gasteiger partial charge in [-0.1, -0.05) is 18.2 Å². The smallest absolute Gasteiger partial charge is 0.254 e. The molecule has 1 aromatic carbocycles. The van der Waals surface area contributed by atoms with Gasteiger partial charge in [-0.05, 0) is 24.3 Å². The third kappa shape index (κ3) is 4.68. The van der Waals surface area contributed by atoms with Gasteiger partial charge in [0.25, 0.3) is 5.91 Å². The summed E-state index contributed by atoms with van der Waals surface area (Å²) < 4.78 is 26.2. The maximum atomic E-state index is 12.3. The van der Waals surface area contributed by atoms with E-state index >= 15 is 0 Å². The second kappa shape index (κ2) is 8.31. The molecule has 0 aliphatic heterocycles. The minimum Gasteiger partial charge on any atom is -0.331 e. The van der Waals surface area contributed by atoms with E-state index in [0.29, 0.717) is 18.7 Å². The van der Waals surface area contributed by atoms with Gasteiger partial charge in [0.1, 0.15) is 0 Å². The van der Waals surface area contributed by atoms with E-state index in [-0.39, 0.29) is 17.3 Å². The van der Waals surface area contributed by atoms with Crippen molar-refractivity contribution in [3.8, 4) is 0 Å². The van der Waals surface area contributed by atoms with Crippen molar-refractivity contribution in [2.45, 2.75) is 4.90 Å². The van der Waals surface area contributed by atoms with Crippen LogP contribution in [0.2, 0.25) is 0 Å². The normalized spacial score (nSPS) is 10.7. The Labute approximate surface area is 131 Å². The van der Waals surface area contributed by atoms with Crippen LogP contribution in [-0.2, 0) is 10.0 Å². The van der Waals surface area contributed by atoms with E-state index in [1.54, 1.807) is 17.1 Å². The largest absolute Gasteiger partial charge is 0.331 e. The average molecular weight is 320 g/mol. The predicted molar refractivity (Wildman–Crippen MR) is 88.1 cm³/mol. The average Bonchev–Trinajstić information content (AvgIpc) is 2.52. The SMILES string of the molecule is C=CCNS(=O)(=O)c1ccc(C(=O)N(CC=C)CC=C)cc1. The van der Waals surface area contributed by atoms with E-state index in [2.05, 4.69) is 24.5 Å². The van der Waals surface area contributed by atoms with Crippen molar-refractivity contribution in [1.29, 1.82) is 0 Å². The fourth-order valence-electron chi connectivity index (χ4n) is 1.76. The molecule has 1 rings (SSSR count). The third-order valence-electron chi connectivity index (χ3n) is 2.82. The van der Waals surface area contributed by atoms with Crippen molar-refractivity contribution in [2.24, 2.45) is 0 Å². The molecule has 1 N–H and O–H groups in total. The van der Waals surface area contributed by atoms with Crippen LogP contribution in [0.15, 0.2) is 67.1 Å². The Morgan fingerprint density at radius 1 is 1.05 bits per heavy atom. The number of amides is 1. The van der Waals surface area contributed by atoms with Crippen LogP contribution in [0.25, 0.3) is 0 Å². The van der Waals surface area contributed by atoms with Crippen LogP contribution in [0.5, 0.6) is 0 Å². The molecule has 1 aromatic rings. The van der Waals surface area contributed by atoms with E-state index in [0.717, 1.165) is 0 Å². The molecule has 5 nitrogen and oxygen atoms in total. The number of carbonyl (C=O) groups excluding carboxylic acids is 1. The van der Waals surface area contributed by atoms with Crippen LogP contribution in [-0.4, -0.2) is 38.9 Å². The lowest BCUT2D eigenvalue weighted by Crippen LogP contribution is -2.31. The summed E-state index contributed by atoms with van der Waals surface area (Å²) in [6.45, 7) is 11.6. The fourth-order valence-corrected chi connectivity index (χ4v) is 2.76. The number of carbonyl (C=O) groups is 1. The number of sulfonamides is 1. The summed E-state index contributed by atoms with van der Waals surface area (Å²) in [5, 5.41) is 0. The molecule has 0 spiro atoms. The van der Waals surface area contributed by atoms with E-state index in [9.17, 15) is 13.2 Å². The topological polar surface area (TPSA) is 66.5 Å². The Bertz CT molecular complexity index is 638. The minimum atomic E-state index is -3.58. The zero-order valence-electron chi connectivity index (χ0n) is 12.4. The first-order valence-electron chi connectivity index (χ1n) is 6.68. The first-order valence-corrected chi connectivity index (χ1v) is 8.16. The van der Waals surface area contributed by atoms with Crippen LogP contribution in [0.4, 0.5) is 0 Å². The van der Waals surface area contributed by atoms with Crippen LogP contribution < -0.4 is 4.72 Å². The molecule has 0 aliphatic carbocycles. The second-order valence-corrected chi connectivity index (χ2v) is 6.22. The van der Waals surface area contributed by atoms with Crippen molar-refractivity contribution >= 4 is 15.9 Å². The summed E-state index contributed by atoms with van der Waals surface area (Å²) in [7, 11) is -3.58. The van der Waals surface area contributed by atoms with Crippen molar-refractivity contribution in [2.75, 3.05) is 19.6 Å². The molecule has 0 aromatic heterocycles. The van der Waals surface area contributed by atoms with Crippen molar-refractivity contribution < 1.29 is 13.2 Å². The van der Waals surface area contributed by atoms with E-state index in [1.807, 2.05) is 0 Å². The lowest BCUT2D eigenvalue weighted by atomic mass is 10.2. The molecule has 0 aliphatic rings. The number of nitrogens with zero attached hydrogens (tertiary/aromatic N) is 1. The molecule has 1 amide bonds. The Hall–Kier alpha value is -2.18. The number of hydrogen-bond acceptors (Lipinski definition) is 3. The zero-order valence-corrected chi connectivity index (χ0v) is 13.2. The molecule has 0 radical (unpaired) electrons. The molecule has 6 heteroatoms. The highest BCUT2D eigenvalue weighted by atomic mass is 32.2. The quantitative estimate of drug-likeness (QED) is 0.707. The first-order chi connectivity index (χ1) is 10.5. The summed E-state index contributed by atoms with van der Waals surface area (Å²) in [6, 6.07) is 5.78. The van der Waals surface area contributed by atoms with Gasteiger partial charge in [-0.2, -0.15) is 0 Å². The molecule has 0 saturated heterocycles. The number of rotatable bonds is 9. The first kappa shape index (κ1) is 17.9. The molecule has 0 fully saturated rings. The molecule has 0 atom stereocenters. The highest BCUT2D eigenvalue weighted by Crippen LogP contribution is 2.12. The summed E-state index contributed by atoms with van der Waals surface area (Å²) in [6.07, 6.45) is 4.71. The van der Waals surface area contributed by atoms with Gasteiger partial charge in [0, 0.05) is 25.2 Å². The molecule has 0 saturated carbocycles. The standard InChI is InChI=1S/C16H20N2O3S/c1-4-11-17-22(20,21)15-9-7-14(8-10-15)16(19)18(12-5-2)13-6-3/h4-10,17H,1-3,11-13H2. The summed E-state index contributed by atoms with van der Waals surface area (Å²) >= 11 is 0. The molecule has 22 heavy (non-hydrogen) atoms. The highest BCUT2D eigenvalue weighted by molar-refractivity contribution is 7.89. The Kier molecular flexibility index (Phi) is 6.75. The molecular formula is C16H20N2O3S. The van der Waals surface area contributed by atoms with E-state index in [4.69, 9.17) is 0 Å². The fraction of sp³-hybridized carbons (Fsp3) is 0.188. The van der Waals surface area contributed by atoms with Gasteiger partial charge in [-0.3, -0.25) is 4.79 Å². The van der Waals surface area contributed by atoms with E-state index in [1.165, 1.54) is 30.3 Å². The van der Waals surface area contributed by atoms with Gasteiger partial charge in [0.2, 0.25) is 10.0 Å². The third-order valence-corrected chi connectivity index (χ3v) is 4.25. The van der Waals surface area contributed by atoms with Crippen molar-refractivity contribution in [3.63, 3.8) is 0 Å². The number of benzene rings is 1. The summed E-state index contributed by atoms with van der Waals surface area (Å²) in [5.41, 5.74) is 0.409. The number of nitrogens with one attached hydrogen (secondary N) is 1. The van der Waals surface area contributed by atoms with Gasteiger partial charge >= 0.3 is 0 Å². The van der Waals surface area contributed by atoms with Crippen LogP contribution in [0.1, 0.15) is 10.4 Å². The maximum Gasteiger partial charge on any atom is 0.254 e. The predicted octanol–water partition coefficient (Wildman–Crippen LogP) is 1.97. The summed E-state index contributed by atoms with van der Waals surface area (Å²) in [5.74, 6) is -0.206. The van der Waals surface area contributed by atoms with Crippen LogP contribution in [0, 0.1) is 0 Å². The van der Waals surface area contributed by atoms with Gasteiger partial charge in [0.15, 0.2) is 0 Å². The van der Waals surface area contributed by atoms with Gasteiger partial charge in [-0.15, -0.1) is 19.7 Å². The molecule has 0 heterocycles. The Morgan fingerprint density at radius 3 is 2.05 bits per heavy atom. The lowest BCUT2D eigenvalue weighted by Gasteiger charge is -2.19. The Morgan fingerprint density at radius 2 is 1.59 bits per heavy atom. The van der Waals surface area contributed by atoms with Crippen LogP contribution >= 0.6 is 0 Å². The van der Waals surface area contributed by atoms with E-state index < -0.39 is 10.0 Å². The maximum absolute atomic E-state index is 12.3. The van der Waals surface area contributed by atoms with Gasteiger partial charge in [0.05, 0.1) is 4.90 Å². The Balaban J connectivity index is 2.96. The molecular weight excluding hydrogens is 300 g/mol. The zero-order chi connectivity index (χ0) is 16.6. The monoisotopic (exact) mass is 320 g/mol. The molecule has 118 valence electrons. The lowest BCUT2D eigenvalue weighted by molar-refractivity contribution is 0.0790. The van der Waals surface area contributed by atoms with Gasteiger partial charge < -0.3 is 4.90 Å². The van der Waals surface area contributed by atoms with Gasteiger partial charge in [-0.25, -0.2) is 13.1 Å². The second-order valence-electron chi connectivity index (χ2n) is 4.45. The molecule has 0 bridgehead atoms. The van der Waals surface area contributed by atoms with Crippen molar-refractivity contribution in [3.05, 3.63) is 67.8 Å². The number of hydrogen-bond donors (Lipinski definition) is 1.